The highest BCUT2D eigenvalue weighted by Crippen LogP contribution is 2.16. The zero-order valence-electron chi connectivity index (χ0n) is 8.48. The number of fused-ring (bicyclic) bond motifs is 1. The second-order valence-corrected chi connectivity index (χ2v) is 3.07. The number of esters is 2. The molecule has 0 saturated heterocycles. The molecule has 2 rings (SSSR count). The largest absolute Gasteiger partial charge is 0.463 e. The predicted octanol–water partition coefficient (Wildman–Crippen LogP) is 1.44. The molecule has 2 aromatic rings. The summed E-state index contributed by atoms with van der Waals surface area (Å²) >= 11 is 0. The van der Waals surface area contributed by atoms with Crippen LogP contribution in [0, 0.1) is 0 Å². The summed E-state index contributed by atoms with van der Waals surface area (Å²) in [7, 11) is 0. The Bertz CT molecular complexity index is 496. The highest BCUT2D eigenvalue weighted by atomic mass is 16.7. The molecule has 84 valence electrons. The van der Waals surface area contributed by atoms with Crippen molar-refractivity contribution >= 4 is 23.0 Å². The first-order valence-electron chi connectivity index (χ1n) is 4.53. The fourth-order valence-corrected chi connectivity index (χ4v) is 1.20. The minimum Gasteiger partial charge on any atom is -0.463 e. The van der Waals surface area contributed by atoms with E-state index in [0.717, 1.165) is 0 Å². The van der Waals surface area contributed by atoms with E-state index < -0.39 is 18.7 Å². The zero-order valence-corrected chi connectivity index (χ0v) is 8.48. The predicted molar refractivity (Wildman–Crippen MR) is 52.6 cm³/mol. The molecule has 0 unspecified atom stereocenters. The first-order chi connectivity index (χ1) is 7.66. The van der Waals surface area contributed by atoms with E-state index in [2.05, 4.69) is 14.5 Å². The number of rotatable bonds is 3. The highest BCUT2D eigenvalue weighted by Gasteiger charge is 2.12. The molecule has 0 spiro atoms. The maximum Gasteiger partial charge on any atom is 0.357 e. The van der Waals surface area contributed by atoms with Crippen molar-refractivity contribution in [3.63, 3.8) is 0 Å². The Morgan fingerprint density at radius 3 is 2.94 bits per heavy atom. The van der Waals surface area contributed by atoms with E-state index in [-0.39, 0.29) is 5.69 Å². The molecule has 0 fully saturated rings. The van der Waals surface area contributed by atoms with Gasteiger partial charge in [0.15, 0.2) is 5.58 Å². The van der Waals surface area contributed by atoms with Crippen LogP contribution in [0.3, 0.4) is 0 Å². The van der Waals surface area contributed by atoms with Crippen molar-refractivity contribution in [3.05, 3.63) is 24.1 Å². The number of carbonyl (C=O) groups excluding carboxylic acids is 2. The van der Waals surface area contributed by atoms with Gasteiger partial charge in [-0.05, 0) is 0 Å². The van der Waals surface area contributed by atoms with Crippen molar-refractivity contribution in [2.24, 2.45) is 0 Å². The van der Waals surface area contributed by atoms with Crippen molar-refractivity contribution in [2.75, 3.05) is 6.79 Å². The molecule has 0 radical (unpaired) electrons. The summed E-state index contributed by atoms with van der Waals surface area (Å²) < 4.78 is 14.2. The van der Waals surface area contributed by atoms with Crippen molar-refractivity contribution < 1.29 is 23.5 Å². The summed E-state index contributed by atoms with van der Waals surface area (Å²) in [5.41, 5.74) is 1.53. The van der Waals surface area contributed by atoms with E-state index in [9.17, 15) is 9.59 Å². The maximum atomic E-state index is 11.4. The van der Waals surface area contributed by atoms with Gasteiger partial charge in [-0.1, -0.05) is 0 Å². The average Bonchev–Trinajstić information content (AvgIpc) is 2.75. The SMILES string of the molecule is CC(=O)OCOC(=O)c1cc2occc2[nH]1. The fraction of sp³-hybridized carbons (Fsp3) is 0.200. The third-order valence-electron chi connectivity index (χ3n) is 1.91. The highest BCUT2D eigenvalue weighted by molar-refractivity contribution is 5.93. The topological polar surface area (TPSA) is 81.5 Å². The van der Waals surface area contributed by atoms with Gasteiger partial charge in [0, 0.05) is 19.1 Å². The molecule has 0 bridgehead atoms. The molecule has 2 aromatic heterocycles. The quantitative estimate of drug-likeness (QED) is 0.628. The van der Waals surface area contributed by atoms with E-state index in [0.29, 0.717) is 11.1 Å². The third-order valence-corrected chi connectivity index (χ3v) is 1.91. The van der Waals surface area contributed by atoms with Gasteiger partial charge in [-0.15, -0.1) is 0 Å². The Hall–Kier alpha value is -2.24. The van der Waals surface area contributed by atoms with Crippen LogP contribution in [0.5, 0.6) is 0 Å². The molecule has 2 heterocycles. The molecule has 0 aromatic carbocycles. The van der Waals surface area contributed by atoms with E-state index >= 15 is 0 Å². The molecule has 0 aliphatic heterocycles. The molecule has 1 N–H and O–H groups in total. The monoisotopic (exact) mass is 223 g/mol. The van der Waals surface area contributed by atoms with Crippen LogP contribution in [0.15, 0.2) is 22.8 Å². The Morgan fingerprint density at radius 2 is 2.25 bits per heavy atom. The standard InChI is InChI=1S/C10H9NO5/c1-6(12)15-5-16-10(13)8-4-9-7(11-8)2-3-14-9/h2-4,11H,5H2,1H3. The van der Waals surface area contributed by atoms with Gasteiger partial charge in [-0.2, -0.15) is 0 Å². The Morgan fingerprint density at radius 1 is 1.44 bits per heavy atom. The number of H-pyrrole nitrogens is 1. The number of carbonyl (C=O) groups is 2. The molecular formula is C10H9NO5. The fourth-order valence-electron chi connectivity index (χ4n) is 1.20. The Balaban J connectivity index is 1.99. The Kier molecular flexibility index (Phi) is 2.63. The summed E-state index contributed by atoms with van der Waals surface area (Å²) in [6, 6.07) is 3.21. The molecule has 6 heteroatoms. The van der Waals surface area contributed by atoms with Crippen molar-refractivity contribution in [3.8, 4) is 0 Å². The lowest BCUT2D eigenvalue weighted by Gasteiger charge is -2.02. The molecule has 6 nitrogen and oxygen atoms in total. The summed E-state index contributed by atoms with van der Waals surface area (Å²) in [6.45, 7) is 0.838. The van der Waals surface area contributed by atoms with Crippen LogP contribution in [-0.4, -0.2) is 23.7 Å². The van der Waals surface area contributed by atoms with Gasteiger partial charge in [-0.3, -0.25) is 4.79 Å². The minimum atomic E-state index is -0.604. The van der Waals surface area contributed by atoms with Crippen molar-refractivity contribution in [2.45, 2.75) is 6.92 Å². The van der Waals surface area contributed by atoms with Crippen LogP contribution in [-0.2, 0) is 14.3 Å². The molecular weight excluding hydrogens is 214 g/mol. The second-order valence-electron chi connectivity index (χ2n) is 3.07. The number of aromatic nitrogens is 1. The van der Waals surface area contributed by atoms with Gasteiger partial charge in [0.05, 0.1) is 11.8 Å². The maximum absolute atomic E-state index is 11.4. The number of hydrogen-bond donors (Lipinski definition) is 1. The average molecular weight is 223 g/mol. The van der Waals surface area contributed by atoms with E-state index in [1.54, 1.807) is 6.07 Å². The molecule has 0 atom stereocenters. The van der Waals surface area contributed by atoms with Crippen molar-refractivity contribution in [1.82, 2.24) is 4.98 Å². The zero-order chi connectivity index (χ0) is 11.5. The van der Waals surface area contributed by atoms with Crippen LogP contribution in [0.4, 0.5) is 0 Å². The number of hydrogen-bond acceptors (Lipinski definition) is 5. The van der Waals surface area contributed by atoms with E-state index in [4.69, 9.17) is 4.42 Å². The summed E-state index contributed by atoms with van der Waals surface area (Å²) in [5, 5.41) is 0. The van der Waals surface area contributed by atoms with Crippen LogP contribution < -0.4 is 0 Å². The molecule has 0 saturated carbocycles. The lowest BCUT2D eigenvalue weighted by molar-refractivity contribution is -0.149. The first kappa shape index (κ1) is 10.3. The number of furan rings is 1. The van der Waals surface area contributed by atoms with Crippen LogP contribution >= 0.6 is 0 Å². The summed E-state index contributed by atoms with van der Waals surface area (Å²) in [5.74, 6) is -1.11. The van der Waals surface area contributed by atoms with E-state index in [1.165, 1.54) is 19.3 Å². The molecule has 0 aliphatic carbocycles. The van der Waals surface area contributed by atoms with Crippen LogP contribution in [0.25, 0.3) is 11.1 Å². The van der Waals surface area contributed by atoms with Crippen molar-refractivity contribution in [1.29, 1.82) is 0 Å². The second kappa shape index (κ2) is 4.09. The van der Waals surface area contributed by atoms with Crippen LogP contribution in [0.1, 0.15) is 17.4 Å². The normalized spacial score (nSPS) is 10.3. The molecule has 0 aliphatic rings. The summed E-state index contributed by atoms with van der Waals surface area (Å²) in [4.78, 5) is 24.6. The van der Waals surface area contributed by atoms with Gasteiger partial charge in [0.2, 0.25) is 6.79 Å². The van der Waals surface area contributed by atoms with E-state index in [1.807, 2.05) is 0 Å². The van der Waals surface area contributed by atoms with Gasteiger partial charge < -0.3 is 18.9 Å². The number of ether oxygens (including phenoxy) is 2. The lowest BCUT2D eigenvalue weighted by Crippen LogP contribution is -2.11. The van der Waals surface area contributed by atoms with Gasteiger partial charge in [0.1, 0.15) is 5.69 Å². The summed E-state index contributed by atoms with van der Waals surface area (Å²) in [6.07, 6.45) is 1.51. The minimum absolute atomic E-state index is 0.251. The van der Waals surface area contributed by atoms with Gasteiger partial charge >= 0.3 is 11.9 Å². The van der Waals surface area contributed by atoms with Gasteiger partial charge in [-0.25, -0.2) is 4.79 Å². The number of nitrogens with one attached hydrogen (secondary N) is 1. The first-order valence-corrected chi connectivity index (χ1v) is 4.53. The Labute approximate surface area is 90.1 Å². The molecule has 16 heavy (non-hydrogen) atoms. The third kappa shape index (κ3) is 2.05. The number of aromatic amines is 1. The smallest absolute Gasteiger partial charge is 0.357 e. The van der Waals surface area contributed by atoms with Crippen LogP contribution in [0.2, 0.25) is 0 Å². The lowest BCUT2D eigenvalue weighted by atomic mass is 10.4. The van der Waals surface area contributed by atoms with Gasteiger partial charge in [0.25, 0.3) is 0 Å². The molecule has 0 amide bonds.